The second-order valence-electron chi connectivity index (χ2n) is 5.01. The molecule has 2 N–H and O–H groups in total. The highest BCUT2D eigenvalue weighted by Crippen LogP contribution is 2.30. The Balaban J connectivity index is 1.88. The van der Waals surface area contributed by atoms with Crippen molar-refractivity contribution in [1.29, 1.82) is 0 Å². The van der Waals surface area contributed by atoms with Gasteiger partial charge in [-0.25, -0.2) is 4.98 Å². The van der Waals surface area contributed by atoms with E-state index in [1.807, 2.05) is 31.2 Å². The van der Waals surface area contributed by atoms with Crippen LogP contribution in [0.15, 0.2) is 42.5 Å². The monoisotopic (exact) mass is 266 g/mol. The Bertz CT molecular complexity index is 662. The normalized spacial score (nSPS) is 13.6. The lowest BCUT2D eigenvalue weighted by Gasteiger charge is -2.17. The van der Waals surface area contributed by atoms with Crippen LogP contribution in [-0.4, -0.2) is 11.5 Å². The Morgan fingerprint density at radius 3 is 2.95 bits per heavy atom. The van der Waals surface area contributed by atoms with Crippen molar-refractivity contribution < 1.29 is 4.74 Å². The summed E-state index contributed by atoms with van der Waals surface area (Å²) in [5.74, 6) is 1.47. The smallest absolute Gasteiger partial charge is 0.219 e. The Hall–Kier alpha value is -2.13. The average molecular weight is 266 g/mol. The number of aromatic nitrogens is 1. The summed E-state index contributed by atoms with van der Waals surface area (Å²) in [5.41, 5.74) is 10.5. The predicted octanol–water partition coefficient (Wildman–Crippen LogP) is 3.47. The molecule has 0 unspecified atom stereocenters. The van der Waals surface area contributed by atoms with Crippen LogP contribution < -0.4 is 10.5 Å². The molecule has 1 aliphatic carbocycles. The van der Waals surface area contributed by atoms with E-state index in [2.05, 4.69) is 23.2 Å². The number of rotatable bonds is 3. The highest BCUT2D eigenvalue weighted by Gasteiger charge is 2.12. The number of nitrogens with zero attached hydrogens (tertiary/aromatic N) is 1. The lowest BCUT2D eigenvalue weighted by molar-refractivity contribution is 0.461. The number of hydrogen-bond donors (Lipinski definition) is 1. The number of aryl methyl sites for hydroxylation is 2. The van der Waals surface area contributed by atoms with Gasteiger partial charge in [-0.3, -0.25) is 0 Å². The van der Waals surface area contributed by atoms with Crippen LogP contribution in [0.3, 0.4) is 0 Å². The van der Waals surface area contributed by atoms with Gasteiger partial charge < -0.3 is 10.5 Å². The van der Waals surface area contributed by atoms with Crippen molar-refractivity contribution in [2.24, 2.45) is 5.73 Å². The molecular weight excluding hydrogens is 248 g/mol. The maximum atomic E-state index is 5.83. The molecule has 0 saturated heterocycles. The Morgan fingerprint density at radius 2 is 2.15 bits per heavy atom. The van der Waals surface area contributed by atoms with E-state index in [9.17, 15) is 0 Å². The van der Waals surface area contributed by atoms with Gasteiger partial charge in [-0.05, 0) is 54.7 Å². The van der Waals surface area contributed by atoms with Crippen LogP contribution in [0.2, 0.25) is 0 Å². The minimum atomic E-state index is 0.590. The lowest BCUT2D eigenvalue weighted by Crippen LogP contribution is -2.08. The summed E-state index contributed by atoms with van der Waals surface area (Å²) < 4.78 is 5.83. The van der Waals surface area contributed by atoms with Gasteiger partial charge in [0.1, 0.15) is 5.75 Å². The summed E-state index contributed by atoms with van der Waals surface area (Å²) in [7, 11) is 0. The molecule has 0 fully saturated rings. The molecular formula is C17H18N2O. The van der Waals surface area contributed by atoms with Gasteiger partial charge in [0.15, 0.2) is 0 Å². The molecule has 102 valence electrons. The maximum absolute atomic E-state index is 5.83. The van der Waals surface area contributed by atoms with Gasteiger partial charge in [0.25, 0.3) is 0 Å². The van der Waals surface area contributed by atoms with Gasteiger partial charge in [-0.1, -0.05) is 18.2 Å². The maximum Gasteiger partial charge on any atom is 0.219 e. The van der Waals surface area contributed by atoms with Crippen LogP contribution in [0.4, 0.5) is 0 Å². The molecule has 2 aromatic rings. The van der Waals surface area contributed by atoms with Crippen LogP contribution >= 0.6 is 0 Å². The zero-order chi connectivity index (χ0) is 13.9. The number of fused-ring (bicyclic) bond motifs is 1. The Morgan fingerprint density at radius 1 is 1.25 bits per heavy atom. The van der Waals surface area contributed by atoms with Crippen molar-refractivity contribution in [3.05, 3.63) is 59.3 Å². The third kappa shape index (κ3) is 2.58. The fourth-order valence-corrected chi connectivity index (χ4v) is 2.55. The van der Waals surface area contributed by atoms with Crippen molar-refractivity contribution in [1.82, 2.24) is 4.98 Å². The SMILES string of the molecule is Cc1cccc(Oc2ccc3c(c2)CCC=C3CN)n1. The van der Waals surface area contributed by atoms with Crippen molar-refractivity contribution in [3.63, 3.8) is 0 Å². The van der Waals surface area contributed by atoms with Crippen molar-refractivity contribution in [2.75, 3.05) is 6.54 Å². The van der Waals surface area contributed by atoms with Crippen LogP contribution in [0.1, 0.15) is 23.2 Å². The van der Waals surface area contributed by atoms with E-state index in [1.54, 1.807) is 0 Å². The molecule has 0 radical (unpaired) electrons. The van der Waals surface area contributed by atoms with E-state index in [0.717, 1.165) is 24.3 Å². The molecule has 0 amide bonds. The van der Waals surface area contributed by atoms with Crippen LogP contribution in [0.25, 0.3) is 5.57 Å². The first-order valence-electron chi connectivity index (χ1n) is 6.90. The van der Waals surface area contributed by atoms with Crippen LogP contribution in [0.5, 0.6) is 11.6 Å². The van der Waals surface area contributed by atoms with E-state index in [1.165, 1.54) is 16.7 Å². The Kier molecular flexibility index (Phi) is 3.52. The number of benzene rings is 1. The molecule has 1 aliphatic rings. The summed E-state index contributed by atoms with van der Waals surface area (Å²) in [6.45, 7) is 2.55. The average Bonchev–Trinajstić information content (AvgIpc) is 2.46. The fraction of sp³-hybridized carbons (Fsp3) is 0.235. The van der Waals surface area contributed by atoms with Gasteiger partial charge >= 0.3 is 0 Å². The summed E-state index contributed by atoms with van der Waals surface area (Å²) in [5, 5.41) is 0. The zero-order valence-electron chi connectivity index (χ0n) is 11.6. The van der Waals surface area contributed by atoms with E-state index >= 15 is 0 Å². The van der Waals surface area contributed by atoms with Gasteiger partial charge in [0, 0.05) is 18.3 Å². The summed E-state index contributed by atoms with van der Waals surface area (Å²) >= 11 is 0. The summed E-state index contributed by atoms with van der Waals surface area (Å²) in [6, 6.07) is 12.0. The number of allylic oxidation sites excluding steroid dienone is 1. The van der Waals surface area contributed by atoms with Crippen LogP contribution in [0, 0.1) is 6.92 Å². The molecule has 1 heterocycles. The van der Waals surface area contributed by atoms with Gasteiger partial charge in [0.05, 0.1) is 0 Å². The first kappa shape index (κ1) is 12.9. The highest BCUT2D eigenvalue weighted by molar-refractivity contribution is 5.71. The molecule has 0 spiro atoms. The predicted molar refractivity (Wildman–Crippen MR) is 80.8 cm³/mol. The van der Waals surface area contributed by atoms with E-state index in [-0.39, 0.29) is 0 Å². The number of hydrogen-bond acceptors (Lipinski definition) is 3. The first-order chi connectivity index (χ1) is 9.76. The molecule has 0 atom stereocenters. The number of ether oxygens (including phenoxy) is 1. The van der Waals surface area contributed by atoms with Gasteiger partial charge in [-0.2, -0.15) is 0 Å². The standard InChI is InChI=1S/C17H18N2O/c1-12-4-2-7-17(19-12)20-15-8-9-16-13(10-15)5-3-6-14(16)11-18/h2,4,6-10H,3,5,11,18H2,1H3. The van der Waals surface area contributed by atoms with Gasteiger partial charge in [-0.15, -0.1) is 0 Å². The largest absolute Gasteiger partial charge is 0.439 e. The minimum Gasteiger partial charge on any atom is -0.439 e. The molecule has 0 aliphatic heterocycles. The number of pyridine rings is 1. The molecule has 3 rings (SSSR count). The second kappa shape index (κ2) is 5.47. The Labute approximate surface area is 119 Å². The van der Waals surface area contributed by atoms with Gasteiger partial charge in [0.2, 0.25) is 5.88 Å². The minimum absolute atomic E-state index is 0.590. The molecule has 3 heteroatoms. The van der Waals surface area contributed by atoms with Crippen LogP contribution in [-0.2, 0) is 6.42 Å². The molecule has 0 saturated carbocycles. The van der Waals surface area contributed by atoms with Crippen molar-refractivity contribution >= 4 is 5.57 Å². The molecule has 20 heavy (non-hydrogen) atoms. The fourth-order valence-electron chi connectivity index (χ4n) is 2.55. The lowest BCUT2D eigenvalue weighted by atomic mass is 9.91. The quantitative estimate of drug-likeness (QED) is 0.925. The molecule has 1 aromatic carbocycles. The third-order valence-electron chi connectivity index (χ3n) is 3.53. The highest BCUT2D eigenvalue weighted by atomic mass is 16.5. The first-order valence-corrected chi connectivity index (χ1v) is 6.90. The van der Waals surface area contributed by atoms with Crippen molar-refractivity contribution in [2.45, 2.75) is 19.8 Å². The van der Waals surface area contributed by atoms with E-state index < -0.39 is 0 Å². The number of nitrogens with two attached hydrogens (primary N) is 1. The summed E-state index contributed by atoms with van der Waals surface area (Å²) in [4.78, 5) is 4.36. The molecule has 1 aromatic heterocycles. The zero-order valence-corrected chi connectivity index (χ0v) is 11.6. The van der Waals surface area contributed by atoms with E-state index in [4.69, 9.17) is 10.5 Å². The topological polar surface area (TPSA) is 48.1 Å². The molecule has 3 nitrogen and oxygen atoms in total. The van der Waals surface area contributed by atoms with Crippen molar-refractivity contribution in [3.8, 4) is 11.6 Å². The molecule has 0 bridgehead atoms. The van der Waals surface area contributed by atoms with E-state index in [0.29, 0.717) is 12.4 Å². The third-order valence-corrected chi connectivity index (χ3v) is 3.53. The summed E-state index contributed by atoms with van der Waals surface area (Å²) in [6.07, 6.45) is 4.31. The second-order valence-corrected chi connectivity index (χ2v) is 5.01.